The highest BCUT2D eigenvalue weighted by molar-refractivity contribution is 7.91. The Labute approximate surface area is 162 Å². The molecule has 0 aromatic heterocycles. The molecule has 0 aliphatic carbocycles. The van der Waals surface area contributed by atoms with E-state index in [4.69, 9.17) is 4.74 Å². The molecule has 2 aliphatic rings. The molecule has 0 unspecified atom stereocenters. The highest BCUT2D eigenvalue weighted by Gasteiger charge is 2.34. The predicted octanol–water partition coefficient (Wildman–Crippen LogP) is 1.69. The van der Waals surface area contributed by atoms with Crippen molar-refractivity contribution in [1.82, 2.24) is 9.80 Å². The Morgan fingerprint density at radius 3 is 2.26 bits per heavy atom. The number of rotatable bonds is 4. The maximum absolute atomic E-state index is 12.4. The fraction of sp³-hybridized carbons (Fsp3) is 0.650. The first-order chi connectivity index (χ1) is 12.6. The van der Waals surface area contributed by atoms with Gasteiger partial charge >= 0.3 is 0 Å². The Morgan fingerprint density at radius 1 is 1.11 bits per heavy atom. The minimum atomic E-state index is -2.87. The van der Waals surface area contributed by atoms with E-state index in [1.807, 2.05) is 29.2 Å². The van der Waals surface area contributed by atoms with Crippen molar-refractivity contribution in [2.24, 2.45) is 0 Å². The van der Waals surface area contributed by atoms with Crippen LogP contribution in [0.15, 0.2) is 24.3 Å². The third-order valence-electron chi connectivity index (χ3n) is 5.47. The Bertz CT molecular complexity index is 760. The van der Waals surface area contributed by atoms with Gasteiger partial charge in [-0.3, -0.25) is 9.69 Å². The molecule has 7 heteroatoms. The highest BCUT2D eigenvalue weighted by Crippen LogP contribution is 2.24. The van der Waals surface area contributed by atoms with Gasteiger partial charge in [-0.2, -0.15) is 0 Å². The predicted molar refractivity (Wildman–Crippen MR) is 106 cm³/mol. The van der Waals surface area contributed by atoms with Crippen LogP contribution in [-0.4, -0.2) is 74.5 Å². The van der Waals surface area contributed by atoms with Gasteiger partial charge in [0.2, 0.25) is 0 Å². The number of piperazine rings is 1. The van der Waals surface area contributed by atoms with Crippen molar-refractivity contribution in [2.75, 3.05) is 44.3 Å². The van der Waals surface area contributed by atoms with Gasteiger partial charge in [0, 0.05) is 32.2 Å². The minimum Gasteiger partial charge on any atom is -0.484 e. The van der Waals surface area contributed by atoms with E-state index in [0.717, 1.165) is 13.1 Å². The Kier molecular flexibility index (Phi) is 5.82. The van der Waals surface area contributed by atoms with Crippen molar-refractivity contribution in [3.05, 3.63) is 29.8 Å². The quantitative estimate of drug-likeness (QED) is 0.778. The molecule has 1 aromatic rings. The van der Waals surface area contributed by atoms with E-state index in [2.05, 4.69) is 25.7 Å². The summed E-state index contributed by atoms with van der Waals surface area (Å²) in [7, 11) is -2.87. The number of sulfone groups is 1. The van der Waals surface area contributed by atoms with Gasteiger partial charge in [-0.15, -0.1) is 0 Å². The van der Waals surface area contributed by atoms with E-state index in [0.29, 0.717) is 31.0 Å². The first-order valence-electron chi connectivity index (χ1n) is 9.60. The van der Waals surface area contributed by atoms with E-state index < -0.39 is 9.84 Å². The van der Waals surface area contributed by atoms with Gasteiger partial charge in [-0.05, 0) is 29.5 Å². The standard InChI is InChI=1S/C20H30N2O4S/c1-20(2,3)16-4-6-18(7-5-16)26-14-19(23)22-11-9-21(10-12-22)17-8-13-27(24,25)15-17/h4-7,17H,8-15H2,1-3H3/t17-/m1/s1. The highest BCUT2D eigenvalue weighted by atomic mass is 32.2. The van der Waals surface area contributed by atoms with Crippen LogP contribution in [0.1, 0.15) is 32.8 Å². The van der Waals surface area contributed by atoms with Crippen LogP contribution in [0.5, 0.6) is 5.75 Å². The third-order valence-corrected chi connectivity index (χ3v) is 7.22. The largest absolute Gasteiger partial charge is 0.484 e. The van der Waals surface area contributed by atoms with Crippen LogP contribution in [0.25, 0.3) is 0 Å². The average Bonchev–Trinajstić information content (AvgIpc) is 2.99. The van der Waals surface area contributed by atoms with E-state index in [-0.39, 0.29) is 29.7 Å². The number of carbonyl (C=O) groups excluding carboxylic acids is 1. The number of ether oxygens (including phenoxy) is 1. The number of hydrogen-bond donors (Lipinski definition) is 0. The van der Waals surface area contributed by atoms with Crippen molar-refractivity contribution in [2.45, 2.75) is 38.6 Å². The number of nitrogens with zero attached hydrogens (tertiary/aromatic N) is 2. The molecular formula is C20H30N2O4S. The molecule has 27 heavy (non-hydrogen) atoms. The molecule has 1 atom stereocenters. The molecule has 0 bridgehead atoms. The fourth-order valence-corrected chi connectivity index (χ4v) is 5.45. The molecule has 0 spiro atoms. The van der Waals surface area contributed by atoms with Gasteiger partial charge in [0.25, 0.3) is 5.91 Å². The van der Waals surface area contributed by atoms with E-state index in [9.17, 15) is 13.2 Å². The van der Waals surface area contributed by atoms with Gasteiger partial charge in [0.1, 0.15) is 5.75 Å². The van der Waals surface area contributed by atoms with E-state index in [1.165, 1.54) is 5.56 Å². The Morgan fingerprint density at radius 2 is 1.74 bits per heavy atom. The maximum Gasteiger partial charge on any atom is 0.260 e. The molecule has 2 fully saturated rings. The second-order valence-electron chi connectivity index (χ2n) is 8.54. The smallest absolute Gasteiger partial charge is 0.260 e. The van der Waals surface area contributed by atoms with Crippen LogP contribution in [0, 0.1) is 0 Å². The molecule has 3 rings (SSSR count). The summed E-state index contributed by atoms with van der Waals surface area (Å²) in [5, 5.41) is 0. The summed E-state index contributed by atoms with van der Waals surface area (Å²) in [5.41, 5.74) is 1.32. The number of hydrogen-bond acceptors (Lipinski definition) is 5. The van der Waals surface area contributed by atoms with Crippen molar-refractivity contribution in [1.29, 1.82) is 0 Å². The van der Waals surface area contributed by atoms with Crippen LogP contribution < -0.4 is 4.74 Å². The second kappa shape index (κ2) is 7.80. The molecule has 1 amide bonds. The van der Waals surface area contributed by atoms with E-state index in [1.54, 1.807) is 0 Å². The van der Waals surface area contributed by atoms with Gasteiger partial charge in [-0.25, -0.2) is 8.42 Å². The van der Waals surface area contributed by atoms with Crippen molar-refractivity contribution < 1.29 is 17.9 Å². The molecule has 2 aliphatic heterocycles. The third kappa shape index (κ3) is 5.23. The van der Waals surface area contributed by atoms with Crippen LogP contribution in [0.2, 0.25) is 0 Å². The Hall–Kier alpha value is -1.60. The number of benzene rings is 1. The van der Waals surface area contributed by atoms with Crippen molar-refractivity contribution in [3.63, 3.8) is 0 Å². The molecule has 2 heterocycles. The lowest BCUT2D eigenvalue weighted by atomic mass is 9.87. The summed E-state index contributed by atoms with van der Waals surface area (Å²) < 4.78 is 28.9. The number of amides is 1. The van der Waals surface area contributed by atoms with Crippen molar-refractivity contribution in [3.8, 4) is 5.75 Å². The lowest BCUT2D eigenvalue weighted by Crippen LogP contribution is -2.53. The Balaban J connectivity index is 1.44. The van der Waals surface area contributed by atoms with Gasteiger partial charge in [-0.1, -0.05) is 32.9 Å². The fourth-order valence-electron chi connectivity index (χ4n) is 3.69. The average molecular weight is 395 g/mol. The molecular weight excluding hydrogens is 364 g/mol. The number of carbonyl (C=O) groups is 1. The summed E-state index contributed by atoms with van der Waals surface area (Å²) in [4.78, 5) is 16.4. The summed E-state index contributed by atoms with van der Waals surface area (Å²) in [6.07, 6.45) is 0.712. The monoisotopic (exact) mass is 394 g/mol. The normalized spacial score (nSPS) is 23.4. The summed E-state index contributed by atoms with van der Waals surface area (Å²) in [6.45, 7) is 9.22. The summed E-state index contributed by atoms with van der Waals surface area (Å²) in [6, 6.07) is 8.01. The van der Waals surface area contributed by atoms with Gasteiger partial charge in [0.05, 0.1) is 11.5 Å². The first kappa shape index (κ1) is 20.1. The molecule has 0 N–H and O–H groups in total. The molecule has 2 saturated heterocycles. The van der Waals surface area contributed by atoms with Crippen LogP contribution in [-0.2, 0) is 20.0 Å². The van der Waals surface area contributed by atoms with Crippen molar-refractivity contribution >= 4 is 15.7 Å². The SMILES string of the molecule is CC(C)(C)c1ccc(OCC(=O)N2CCN([C@@H]3CCS(=O)(=O)C3)CC2)cc1. The molecule has 0 saturated carbocycles. The van der Waals surface area contributed by atoms with Gasteiger partial charge in [0.15, 0.2) is 16.4 Å². The zero-order valence-corrected chi connectivity index (χ0v) is 17.3. The van der Waals surface area contributed by atoms with Gasteiger partial charge < -0.3 is 9.64 Å². The van der Waals surface area contributed by atoms with Crippen LogP contribution >= 0.6 is 0 Å². The second-order valence-corrected chi connectivity index (χ2v) is 10.8. The minimum absolute atomic E-state index is 0.0198. The molecule has 0 radical (unpaired) electrons. The van der Waals surface area contributed by atoms with Crippen LogP contribution in [0.3, 0.4) is 0 Å². The molecule has 6 nitrogen and oxygen atoms in total. The first-order valence-corrected chi connectivity index (χ1v) is 11.4. The summed E-state index contributed by atoms with van der Waals surface area (Å²) >= 11 is 0. The zero-order chi connectivity index (χ0) is 19.7. The lowest BCUT2D eigenvalue weighted by molar-refractivity contribution is -0.135. The maximum atomic E-state index is 12.4. The lowest BCUT2D eigenvalue weighted by Gasteiger charge is -2.37. The topological polar surface area (TPSA) is 66.9 Å². The van der Waals surface area contributed by atoms with Crippen LogP contribution in [0.4, 0.5) is 0 Å². The molecule has 1 aromatic carbocycles. The summed E-state index contributed by atoms with van der Waals surface area (Å²) in [5.74, 6) is 1.23. The zero-order valence-electron chi connectivity index (χ0n) is 16.5. The van der Waals surface area contributed by atoms with E-state index >= 15 is 0 Å². The molecule has 150 valence electrons.